The summed E-state index contributed by atoms with van der Waals surface area (Å²) < 4.78 is 0. The third kappa shape index (κ3) is 3.93. The highest BCUT2D eigenvalue weighted by molar-refractivity contribution is 6.31. The molecular formula is C20H23N7O3. The Balaban J connectivity index is 1.46. The minimum atomic E-state index is -0.885. The van der Waals surface area contributed by atoms with Gasteiger partial charge in [0.2, 0.25) is 5.95 Å². The first-order chi connectivity index (χ1) is 14.4. The summed E-state index contributed by atoms with van der Waals surface area (Å²) in [6.45, 7) is 6.15. The number of rotatable bonds is 4. The van der Waals surface area contributed by atoms with Crippen LogP contribution in [0.2, 0.25) is 0 Å². The zero-order valence-electron chi connectivity index (χ0n) is 16.8. The van der Waals surface area contributed by atoms with Crippen LogP contribution in [-0.2, 0) is 4.79 Å². The Kier molecular flexibility index (Phi) is 5.30. The molecule has 0 aromatic carbocycles. The summed E-state index contributed by atoms with van der Waals surface area (Å²) in [5.41, 5.74) is 2.17. The number of nitrogens with zero attached hydrogens (tertiary/aromatic N) is 6. The predicted octanol–water partition coefficient (Wildman–Crippen LogP) is 2.44. The Labute approximate surface area is 173 Å². The van der Waals surface area contributed by atoms with Gasteiger partial charge < -0.3 is 20.2 Å². The van der Waals surface area contributed by atoms with Crippen molar-refractivity contribution in [1.29, 1.82) is 0 Å². The standard InChI is InChI=1S/C20H23N7O3/c1-12(2)17-15(28)11-21-14-10-23-19(25-18(14)17)24-16-4-3-13(9-22-16)26-5-7-27(8-6-26)20(29)30/h3-4,9-12,17H,5-8H2,1-2H3,(H,29,30)(H,22,23,24,25). The lowest BCUT2D eigenvalue weighted by atomic mass is 9.86. The summed E-state index contributed by atoms with van der Waals surface area (Å²) in [4.78, 5) is 44.2. The van der Waals surface area contributed by atoms with E-state index in [0.717, 1.165) is 5.69 Å². The second kappa shape index (κ2) is 8.05. The highest BCUT2D eigenvalue weighted by Crippen LogP contribution is 2.34. The first-order valence-corrected chi connectivity index (χ1v) is 9.83. The SMILES string of the molecule is CC(C)C1C(=O)C=Nc2cnc(Nc3ccc(N4CCN(C(=O)O)CC4)cn3)nc21. The lowest BCUT2D eigenvalue weighted by Gasteiger charge is -2.34. The number of anilines is 3. The number of carboxylic acid groups (broad SMARTS) is 1. The second-order valence-electron chi connectivity index (χ2n) is 7.63. The van der Waals surface area contributed by atoms with Gasteiger partial charge in [0.05, 0.1) is 35.9 Å². The number of aliphatic imine (C=N–C) groups is 1. The number of nitrogens with one attached hydrogen (secondary N) is 1. The van der Waals surface area contributed by atoms with Crippen LogP contribution < -0.4 is 10.2 Å². The van der Waals surface area contributed by atoms with Crippen LogP contribution in [0.1, 0.15) is 25.5 Å². The Morgan fingerprint density at radius 3 is 2.57 bits per heavy atom. The number of hydrogen-bond donors (Lipinski definition) is 2. The average Bonchev–Trinajstić information content (AvgIpc) is 2.74. The molecule has 1 fully saturated rings. The molecule has 0 radical (unpaired) electrons. The van der Waals surface area contributed by atoms with Gasteiger partial charge in [-0.1, -0.05) is 13.8 Å². The molecule has 156 valence electrons. The summed E-state index contributed by atoms with van der Waals surface area (Å²) in [6, 6.07) is 3.75. The molecule has 1 unspecified atom stereocenters. The van der Waals surface area contributed by atoms with Crippen LogP contribution in [0, 0.1) is 5.92 Å². The van der Waals surface area contributed by atoms with Crippen molar-refractivity contribution in [3.8, 4) is 0 Å². The van der Waals surface area contributed by atoms with Crippen LogP contribution in [0.3, 0.4) is 0 Å². The van der Waals surface area contributed by atoms with E-state index in [1.165, 1.54) is 11.1 Å². The monoisotopic (exact) mass is 409 g/mol. The van der Waals surface area contributed by atoms with Gasteiger partial charge in [-0.25, -0.2) is 24.7 Å². The van der Waals surface area contributed by atoms with Gasteiger partial charge in [0, 0.05) is 26.2 Å². The van der Waals surface area contributed by atoms with E-state index in [1.54, 1.807) is 12.4 Å². The van der Waals surface area contributed by atoms with E-state index in [0.29, 0.717) is 49.3 Å². The molecule has 2 aromatic rings. The van der Waals surface area contributed by atoms with Gasteiger partial charge in [-0.05, 0) is 18.1 Å². The van der Waals surface area contributed by atoms with E-state index < -0.39 is 6.09 Å². The maximum atomic E-state index is 12.2. The summed E-state index contributed by atoms with van der Waals surface area (Å²) >= 11 is 0. The molecule has 10 heteroatoms. The first kappa shape index (κ1) is 19.7. The van der Waals surface area contributed by atoms with Gasteiger partial charge in [-0.15, -0.1) is 0 Å². The summed E-state index contributed by atoms with van der Waals surface area (Å²) in [5.74, 6) is 0.660. The summed E-state index contributed by atoms with van der Waals surface area (Å²) in [7, 11) is 0. The largest absolute Gasteiger partial charge is 0.465 e. The van der Waals surface area contributed by atoms with Crippen molar-refractivity contribution in [1.82, 2.24) is 19.9 Å². The molecule has 0 aliphatic carbocycles. The molecule has 1 atom stereocenters. The fraction of sp³-hybridized carbons (Fsp3) is 0.400. The van der Waals surface area contributed by atoms with Crippen molar-refractivity contribution in [2.75, 3.05) is 36.4 Å². The van der Waals surface area contributed by atoms with E-state index >= 15 is 0 Å². The molecule has 1 saturated heterocycles. The summed E-state index contributed by atoms with van der Waals surface area (Å²) in [5, 5.41) is 12.1. The van der Waals surface area contributed by atoms with Crippen molar-refractivity contribution in [2.45, 2.75) is 19.8 Å². The van der Waals surface area contributed by atoms with Gasteiger partial charge in [0.1, 0.15) is 11.5 Å². The van der Waals surface area contributed by atoms with Crippen molar-refractivity contribution in [2.24, 2.45) is 10.9 Å². The van der Waals surface area contributed by atoms with Gasteiger partial charge in [-0.2, -0.15) is 0 Å². The molecule has 2 aliphatic heterocycles. The number of hydrogen-bond acceptors (Lipinski definition) is 8. The molecule has 2 aromatic heterocycles. The molecule has 1 amide bonds. The topological polar surface area (TPSA) is 124 Å². The normalized spacial score (nSPS) is 18.5. The van der Waals surface area contributed by atoms with Crippen LogP contribution in [0.5, 0.6) is 0 Å². The van der Waals surface area contributed by atoms with E-state index in [9.17, 15) is 9.59 Å². The number of pyridine rings is 1. The van der Waals surface area contributed by atoms with Gasteiger partial charge in [-0.3, -0.25) is 4.79 Å². The highest BCUT2D eigenvalue weighted by atomic mass is 16.4. The Bertz CT molecular complexity index is 982. The molecule has 30 heavy (non-hydrogen) atoms. The maximum absolute atomic E-state index is 12.2. The van der Waals surface area contributed by atoms with E-state index in [2.05, 4.69) is 30.2 Å². The minimum absolute atomic E-state index is 0.0485. The van der Waals surface area contributed by atoms with Gasteiger partial charge in [0.25, 0.3) is 0 Å². The molecule has 2 aliphatic rings. The Morgan fingerprint density at radius 1 is 1.17 bits per heavy atom. The van der Waals surface area contributed by atoms with E-state index in [1.807, 2.05) is 26.0 Å². The van der Waals surface area contributed by atoms with Crippen LogP contribution in [0.25, 0.3) is 0 Å². The Hall–Kier alpha value is -3.56. The van der Waals surface area contributed by atoms with Crippen LogP contribution in [0.4, 0.5) is 27.9 Å². The summed E-state index contributed by atoms with van der Waals surface area (Å²) in [6.07, 6.45) is 3.81. The lowest BCUT2D eigenvalue weighted by molar-refractivity contribution is -0.114. The number of piperazine rings is 1. The molecule has 0 bridgehead atoms. The fourth-order valence-electron chi connectivity index (χ4n) is 3.69. The second-order valence-corrected chi connectivity index (χ2v) is 7.63. The number of amides is 1. The Morgan fingerprint density at radius 2 is 1.93 bits per heavy atom. The maximum Gasteiger partial charge on any atom is 0.407 e. The molecule has 10 nitrogen and oxygen atoms in total. The predicted molar refractivity (Wildman–Crippen MR) is 112 cm³/mol. The van der Waals surface area contributed by atoms with Crippen molar-refractivity contribution >= 4 is 41.2 Å². The molecule has 2 N–H and O–H groups in total. The van der Waals surface area contributed by atoms with Crippen molar-refractivity contribution < 1.29 is 14.7 Å². The number of ketones is 1. The van der Waals surface area contributed by atoms with E-state index in [-0.39, 0.29) is 17.6 Å². The quantitative estimate of drug-likeness (QED) is 0.789. The zero-order valence-corrected chi connectivity index (χ0v) is 16.8. The molecule has 0 spiro atoms. The number of aromatic nitrogens is 3. The highest BCUT2D eigenvalue weighted by Gasteiger charge is 2.30. The molecule has 0 saturated carbocycles. The first-order valence-electron chi connectivity index (χ1n) is 9.83. The zero-order chi connectivity index (χ0) is 21.3. The van der Waals surface area contributed by atoms with Crippen LogP contribution >= 0.6 is 0 Å². The molecular weight excluding hydrogens is 386 g/mol. The average molecular weight is 409 g/mol. The van der Waals surface area contributed by atoms with Gasteiger partial charge >= 0.3 is 6.09 Å². The van der Waals surface area contributed by atoms with Crippen LogP contribution in [-0.4, -0.2) is 69.2 Å². The fourth-order valence-corrected chi connectivity index (χ4v) is 3.69. The van der Waals surface area contributed by atoms with E-state index in [4.69, 9.17) is 5.11 Å². The number of Topliss-reactive ketones (excluding diaryl/α,β-unsaturated/α-hetero) is 1. The lowest BCUT2D eigenvalue weighted by Crippen LogP contribution is -2.48. The van der Waals surface area contributed by atoms with Crippen molar-refractivity contribution in [3.05, 3.63) is 30.2 Å². The van der Waals surface area contributed by atoms with Crippen molar-refractivity contribution in [3.63, 3.8) is 0 Å². The van der Waals surface area contributed by atoms with Crippen LogP contribution in [0.15, 0.2) is 29.5 Å². The third-order valence-electron chi connectivity index (χ3n) is 5.30. The number of carbonyl (C=O) groups excluding carboxylic acids is 1. The molecule has 4 rings (SSSR count). The molecule has 4 heterocycles. The van der Waals surface area contributed by atoms with Gasteiger partial charge in [0.15, 0.2) is 5.78 Å². The smallest absolute Gasteiger partial charge is 0.407 e. The third-order valence-corrected chi connectivity index (χ3v) is 5.30. The minimum Gasteiger partial charge on any atom is -0.465 e. The number of fused-ring (bicyclic) bond motifs is 1. The number of carbonyl (C=O) groups is 2.